The van der Waals surface area contributed by atoms with Gasteiger partial charge in [0.2, 0.25) is 0 Å². The molecule has 0 fully saturated rings. The summed E-state index contributed by atoms with van der Waals surface area (Å²) in [7, 11) is 0. The van der Waals surface area contributed by atoms with E-state index in [9.17, 15) is 0 Å². The number of hydrogen-bond donors (Lipinski definition) is 1. The van der Waals surface area contributed by atoms with Crippen molar-refractivity contribution in [1.29, 1.82) is 0 Å². The van der Waals surface area contributed by atoms with Crippen molar-refractivity contribution in [2.24, 2.45) is 11.8 Å². The van der Waals surface area contributed by atoms with Gasteiger partial charge in [-0.3, -0.25) is 0 Å². The van der Waals surface area contributed by atoms with Crippen LogP contribution in [0.3, 0.4) is 0 Å². The van der Waals surface area contributed by atoms with E-state index in [4.69, 9.17) is 0 Å². The number of benzene rings is 3. The van der Waals surface area contributed by atoms with Crippen LogP contribution < -0.4 is 20.7 Å². The topological polar surface area (TPSA) is 15.3 Å². The molecule has 0 aromatic heterocycles. The Morgan fingerprint density at radius 2 is 1.62 bits per heavy atom. The normalized spacial score (nSPS) is 25.2. The average Bonchev–Trinajstić information content (AvgIpc) is 3.41. The Balaban J connectivity index is 1.15. The first-order chi connectivity index (χ1) is 19.8. The maximum absolute atomic E-state index is 3.96. The molecular weight excluding hydrogens is 484 g/mol. The number of para-hydroxylation sites is 1. The molecule has 0 saturated heterocycles. The third-order valence-corrected chi connectivity index (χ3v) is 10.1. The summed E-state index contributed by atoms with van der Waals surface area (Å²) in [6.45, 7) is 2.32. The highest BCUT2D eigenvalue weighted by atomic mass is 15.3. The fraction of sp³-hybridized carbons (Fsp3) is 0.316. The molecule has 2 heteroatoms. The van der Waals surface area contributed by atoms with Crippen molar-refractivity contribution < 1.29 is 0 Å². The van der Waals surface area contributed by atoms with E-state index in [2.05, 4.69) is 108 Å². The van der Waals surface area contributed by atoms with Gasteiger partial charge in [-0.1, -0.05) is 72.8 Å². The smallest absolute Gasteiger partial charge is 0.126 e. The van der Waals surface area contributed by atoms with Crippen molar-refractivity contribution in [2.75, 3.05) is 4.90 Å². The van der Waals surface area contributed by atoms with Crippen LogP contribution in [-0.2, 0) is 0 Å². The van der Waals surface area contributed by atoms with Gasteiger partial charge in [-0.2, -0.15) is 0 Å². The Bertz CT molecular complexity index is 1750. The molecule has 5 aliphatic rings. The van der Waals surface area contributed by atoms with Crippen LogP contribution in [-0.4, -0.2) is 6.17 Å². The van der Waals surface area contributed by atoms with Crippen molar-refractivity contribution >= 4 is 34.2 Å². The maximum Gasteiger partial charge on any atom is 0.126 e. The minimum Gasteiger partial charge on any atom is -0.363 e. The van der Waals surface area contributed by atoms with Crippen molar-refractivity contribution in [2.45, 2.75) is 64.5 Å². The SMILES string of the molecule is Cc1c2c(c(C3=CC4CC=C(C5NC6=C(C=CCC6)N5c5ccccc5)CC4CC3)c3ccccc13)=CCCC=2. The first kappa shape index (κ1) is 24.1. The zero-order valence-corrected chi connectivity index (χ0v) is 23.5. The summed E-state index contributed by atoms with van der Waals surface area (Å²) in [5, 5.41) is 9.81. The third kappa shape index (κ3) is 3.84. The number of aryl methyl sites for hydroxylation is 1. The molecule has 8 rings (SSSR count). The molecule has 1 heterocycles. The second-order valence-electron chi connectivity index (χ2n) is 12.3. The lowest BCUT2D eigenvalue weighted by Crippen LogP contribution is -2.41. The van der Waals surface area contributed by atoms with E-state index in [0.717, 1.165) is 38.0 Å². The minimum atomic E-state index is 0.236. The van der Waals surface area contributed by atoms with Crippen LogP contribution in [0.25, 0.3) is 28.5 Å². The maximum atomic E-state index is 3.96. The third-order valence-electron chi connectivity index (χ3n) is 10.1. The van der Waals surface area contributed by atoms with Gasteiger partial charge >= 0.3 is 0 Å². The van der Waals surface area contributed by atoms with E-state index in [1.807, 2.05) is 0 Å². The molecule has 0 bridgehead atoms. The molecule has 1 aliphatic heterocycles. The molecule has 0 radical (unpaired) electrons. The quantitative estimate of drug-likeness (QED) is 0.356. The standard InChI is InChI=1S/C38H38N2/c1-25-31-13-5-7-15-33(31)37(34-16-8-6-14-32(25)34)28-21-19-27-24-29(22-20-26(27)23-28)38-39-35-17-9-10-18-36(35)40(38)30-11-3-2-4-12-30/h2-5,7,10-16,18,22-23,26-27,38-39H,6,8-9,17,19-21,24H2,1H3. The summed E-state index contributed by atoms with van der Waals surface area (Å²) in [6.07, 6.45) is 24.5. The van der Waals surface area contributed by atoms with Gasteiger partial charge in [-0.15, -0.1) is 0 Å². The van der Waals surface area contributed by atoms with E-state index >= 15 is 0 Å². The van der Waals surface area contributed by atoms with Gasteiger partial charge in [-0.05, 0) is 132 Å². The second kappa shape index (κ2) is 9.70. The monoisotopic (exact) mass is 522 g/mol. The molecule has 2 nitrogen and oxygen atoms in total. The van der Waals surface area contributed by atoms with Crippen LogP contribution in [0.1, 0.15) is 62.5 Å². The lowest BCUT2D eigenvalue weighted by molar-refractivity contribution is 0.333. The zero-order valence-electron chi connectivity index (χ0n) is 23.5. The Kier molecular flexibility index (Phi) is 5.83. The Hall–Kier alpha value is -3.78. The van der Waals surface area contributed by atoms with E-state index in [0.29, 0.717) is 5.92 Å². The lowest BCUT2D eigenvalue weighted by atomic mass is 9.70. The number of nitrogens with one attached hydrogen (secondary N) is 1. The van der Waals surface area contributed by atoms with Gasteiger partial charge in [0, 0.05) is 11.4 Å². The van der Waals surface area contributed by atoms with Crippen LogP contribution in [0.2, 0.25) is 0 Å². The fourth-order valence-electron chi connectivity index (χ4n) is 8.11. The number of hydrogen-bond acceptors (Lipinski definition) is 2. The molecule has 3 atom stereocenters. The summed E-state index contributed by atoms with van der Waals surface area (Å²) in [6, 6.07) is 20.1. The van der Waals surface area contributed by atoms with Gasteiger partial charge in [0.15, 0.2) is 0 Å². The molecule has 1 N–H and O–H groups in total. The van der Waals surface area contributed by atoms with E-state index < -0.39 is 0 Å². The molecule has 3 aromatic carbocycles. The highest BCUT2D eigenvalue weighted by Crippen LogP contribution is 2.45. The highest BCUT2D eigenvalue weighted by molar-refractivity contribution is 5.96. The number of fused-ring (bicyclic) bond motifs is 3. The van der Waals surface area contributed by atoms with Crippen molar-refractivity contribution in [3.05, 3.63) is 117 Å². The summed E-state index contributed by atoms with van der Waals surface area (Å²) in [4.78, 5) is 2.55. The lowest BCUT2D eigenvalue weighted by Gasteiger charge is -2.38. The predicted octanol–water partition coefficient (Wildman–Crippen LogP) is 7.63. The van der Waals surface area contributed by atoms with Gasteiger partial charge in [0.05, 0.1) is 5.70 Å². The molecule has 3 aromatic rings. The molecule has 4 aliphatic carbocycles. The molecule has 200 valence electrons. The number of anilines is 1. The van der Waals surface area contributed by atoms with Gasteiger partial charge in [0.1, 0.15) is 6.17 Å². The molecule has 3 unspecified atom stereocenters. The fourth-order valence-corrected chi connectivity index (χ4v) is 8.11. The molecule has 40 heavy (non-hydrogen) atoms. The number of allylic oxidation sites excluding steroid dienone is 6. The van der Waals surface area contributed by atoms with E-state index in [-0.39, 0.29) is 6.17 Å². The summed E-state index contributed by atoms with van der Waals surface area (Å²) in [5.74, 6) is 1.35. The first-order valence-electron chi connectivity index (χ1n) is 15.4. The van der Waals surface area contributed by atoms with Crippen LogP contribution in [0, 0.1) is 18.8 Å². The first-order valence-corrected chi connectivity index (χ1v) is 15.4. The van der Waals surface area contributed by atoms with Crippen molar-refractivity contribution in [3.63, 3.8) is 0 Å². The average molecular weight is 523 g/mol. The number of rotatable bonds is 3. The minimum absolute atomic E-state index is 0.236. The predicted molar refractivity (Wildman–Crippen MR) is 169 cm³/mol. The molecule has 0 saturated carbocycles. The van der Waals surface area contributed by atoms with Gasteiger partial charge in [0.25, 0.3) is 0 Å². The highest BCUT2D eigenvalue weighted by Gasteiger charge is 2.38. The molecule has 0 amide bonds. The van der Waals surface area contributed by atoms with E-state index in [1.54, 1.807) is 11.1 Å². The Morgan fingerprint density at radius 1 is 0.825 bits per heavy atom. The second-order valence-corrected chi connectivity index (χ2v) is 12.3. The summed E-state index contributed by atoms with van der Waals surface area (Å²) >= 11 is 0. The number of nitrogens with zero attached hydrogens (tertiary/aromatic N) is 1. The van der Waals surface area contributed by atoms with Crippen LogP contribution in [0.15, 0.2) is 95.9 Å². The largest absolute Gasteiger partial charge is 0.363 e. The molecule has 0 spiro atoms. The Labute approximate surface area is 237 Å². The summed E-state index contributed by atoms with van der Waals surface area (Å²) in [5.41, 5.74) is 10.2. The van der Waals surface area contributed by atoms with Crippen LogP contribution >= 0.6 is 0 Å². The van der Waals surface area contributed by atoms with Crippen molar-refractivity contribution in [3.8, 4) is 0 Å². The summed E-state index contributed by atoms with van der Waals surface area (Å²) < 4.78 is 0. The zero-order chi connectivity index (χ0) is 26.6. The van der Waals surface area contributed by atoms with Crippen LogP contribution in [0.5, 0.6) is 0 Å². The van der Waals surface area contributed by atoms with Crippen molar-refractivity contribution in [1.82, 2.24) is 5.32 Å². The van der Waals surface area contributed by atoms with Crippen LogP contribution in [0.4, 0.5) is 5.69 Å². The van der Waals surface area contributed by atoms with Gasteiger partial charge in [-0.25, -0.2) is 0 Å². The van der Waals surface area contributed by atoms with Gasteiger partial charge < -0.3 is 10.2 Å². The molecular formula is C38H38N2. The Morgan fingerprint density at radius 3 is 2.50 bits per heavy atom. The van der Waals surface area contributed by atoms with E-state index in [1.165, 1.54) is 68.7 Å².